The average Bonchev–Trinajstić information content (AvgIpc) is 2.44. The molecule has 2 rings (SSSR count). The highest BCUT2D eigenvalue weighted by molar-refractivity contribution is 5.88. The van der Waals surface area contributed by atoms with Crippen molar-refractivity contribution in [1.29, 1.82) is 0 Å². The predicted octanol–water partition coefficient (Wildman–Crippen LogP) is 2.97. The molecule has 0 aliphatic heterocycles. The molecule has 0 amide bonds. The van der Waals surface area contributed by atoms with Crippen LogP contribution in [0, 0.1) is 0 Å². The zero-order chi connectivity index (χ0) is 14.6. The van der Waals surface area contributed by atoms with Crippen molar-refractivity contribution >= 4 is 10.8 Å². The molecule has 0 aliphatic rings. The lowest BCUT2D eigenvalue weighted by Crippen LogP contribution is -2.53. The van der Waals surface area contributed by atoms with Gasteiger partial charge < -0.3 is 15.2 Å². The predicted molar refractivity (Wildman–Crippen MR) is 83.2 cm³/mol. The van der Waals surface area contributed by atoms with Crippen LogP contribution >= 0.6 is 0 Å². The molecule has 3 nitrogen and oxygen atoms in total. The highest BCUT2D eigenvalue weighted by atomic mass is 16.5. The summed E-state index contributed by atoms with van der Waals surface area (Å²) >= 11 is 0. The van der Waals surface area contributed by atoms with Gasteiger partial charge >= 0.3 is 0 Å². The molecule has 2 aromatic rings. The van der Waals surface area contributed by atoms with Gasteiger partial charge in [-0.05, 0) is 18.4 Å². The number of ether oxygens (including phenoxy) is 1. The fourth-order valence-electron chi connectivity index (χ4n) is 2.39. The number of rotatable bonds is 6. The minimum Gasteiger partial charge on any atom is -0.491 e. The Hall–Kier alpha value is -1.58. The Labute approximate surface area is 120 Å². The molecule has 1 unspecified atom stereocenters. The Morgan fingerprint density at radius 2 is 1.85 bits per heavy atom. The van der Waals surface area contributed by atoms with Crippen molar-refractivity contribution in [3.8, 4) is 5.75 Å². The molecule has 0 radical (unpaired) electrons. The maximum absolute atomic E-state index is 9.58. The smallest absolute Gasteiger partial charge is 0.127 e. The third-order valence-electron chi connectivity index (χ3n) is 3.28. The van der Waals surface area contributed by atoms with Gasteiger partial charge in [0, 0.05) is 11.4 Å². The van der Waals surface area contributed by atoms with Crippen LogP contribution in [0.3, 0.4) is 0 Å². The summed E-state index contributed by atoms with van der Waals surface area (Å²) in [5, 5.41) is 15.2. The largest absolute Gasteiger partial charge is 0.491 e. The van der Waals surface area contributed by atoms with E-state index >= 15 is 0 Å². The van der Waals surface area contributed by atoms with Crippen LogP contribution < -0.4 is 10.1 Å². The van der Waals surface area contributed by atoms with E-state index in [-0.39, 0.29) is 6.61 Å². The van der Waals surface area contributed by atoms with Crippen LogP contribution in [0.15, 0.2) is 42.5 Å². The number of aliphatic hydroxyl groups excluding tert-OH is 1. The van der Waals surface area contributed by atoms with Gasteiger partial charge in [0.05, 0.1) is 12.1 Å². The Bertz CT molecular complexity index is 562. The Morgan fingerprint density at radius 1 is 1.15 bits per heavy atom. The quantitative estimate of drug-likeness (QED) is 0.850. The fourth-order valence-corrected chi connectivity index (χ4v) is 2.39. The van der Waals surface area contributed by atoms with Gasteiger partial charge in [0.1, 0.15) is 12.4 Å². The Kier molecular flexibility index (Phi) is 4.63. The van der Waals surface area contributed by atoms with E-state index in [0.717, 1.165) is 16.5 Å². The third-order valence-corrected chi connectivity index (χ3v) is 3.28. The molecular weight excluding hydrogens is 250 g/mol. The van der Waals surface area contributed by atoms with Crippen LogP contribution in [0.25, 0.3) is 10.8 Å². The van der Waals surface area contributed by atoms with Gasteiger partial charge in [-0.25, -0.2) is 0 Å². The summed E-state index contributed by atoms with van der Waals surface area (Å²) in [7, 11) is 0. The van der Waals surface area contributed by atoms with Crippen molar-refractivity contribution in [2.45, 2.75) is 32.4 Å². The highest BCUT2D eigenvalue weighted by Gasteiger charge is 2.25. The summed E-state index contributed by atoms with van der Waals surface area (Å²) in [6, 6.07) is 14.5. The standard InChI is InChI=1S/C17H23NO2/c1-13(2)18-17(3,11-19)12-20-16-10-6-8-14-7-4-5-9-15(14)16/h4-10,13,18-19H,11-12H2,1-3H3. The summed E-state index contributed by atoms with van der Waals surface area (Å²) in [5.74, 6) is 0.855. The number of fused-ring (bicyclic) bond motifs is 1. The molecule has 1 atom stereocenters. The molecule has 0 heterocycles. The first-order chi connectivity index (χ1) is 9.54. The average molecular weight is 273 g/mol. The first-order valence-corrected chi connectivity index (χ1v) is 7.03. The fraction of sp³-hybridized carbons (Fsp3) is 0.412. The van der Waals surface area contributed by atoms with E-state index in [1.807, 2.05) is 31.2 Å². The number of aliphatic hydroxyl groups is 1. The van der Waals surface area contributed by atoms with E-state index in [1.165, 1.54) is 0 Å². The molecule has 2 N–H and O–H groups in total. The topological polar surface area (TPSA) is 41.5 Å². The number of benzene rings is 2. The molecule has 3 heteroatoms. The van der Waals surface area contributed by atoms with Gasteiger partial charge in [0.2, 0.25) is 0 Å². The monoisotopic (exact) mass is 273 g/mol. The van der Waals surface area contributed by atoms with Crippen LogP contribution in [0.2, 0.25) is 0 Å². The van der Waals surface area contributed by atoms with Gasteiger partial charge in [0.15, 0.2) is 0 Å². The number of hydrogen-bond acceptors (Lipinski definition) is 3. The van der Waals surface area contributed by atoms with Crippen molar-refractivity contribution in [2.24, 2.45) is 0 Å². The molecule has 108 valence electrons. The van der Waals surface area contributed by atoms with Gasteiger partial charge in [0.25, 0.3) is 0 Å². The SMILES string of the molecule is CC(C)NC(C)(CO)COc1cccc2ccccc12. The maximum atomic E-state index is 9.58. The van der Waals surface area contributed by atoms with Crippen molar-refractivity contribution in [3.63, 3.8) is 0 Å². The summed E-state index contributed by atoms with van der Waals surface area (Å²) in [6.07, 6.45) is 0. The van der Waals surface area contributed by atoms with Crippen LogP contribution in [0.1, 0.15) is 20.8 Å². The second-order valence-electron chi connectivity index (χ2n) is 5.78. The molecule has 0 aromatic heterocycles. The van der Waals surface area contributed by atoms with E-state index in [9.17, 15) is 5.11 Å². The molecule has 0 saturated heterocycles. The minimum absolute atomic E-state index is 0.0376. The second-order valence-corrected chi connectivity index (χ2v) is 5.78. The second kappa shape index (κ2) is 6.25. The van der Waals surface area contributed by atoms with Crippen molar-refractivity contribution in [2.75, 3.05) is 13.2 Å². The van der Waals surface area contributed by atoms with Crippen LogP contribution in [0.5, 0.6) is 5.75 Å². The lowest BCUT2D eigenvalue weighted by molar-refractivity contribution is 0.109. The first-order valence-electron chi connectivity index (χ1n) is 7.03. The van der Waals surface area contributed by atoms with Crippen LogP contribution in [-0.4, -0.2) is 29.9 Å². The molecule has 20 heavy (non-hydrogen) atoms. The molecule has 0 saturated carbocycles. The van der Waals surface area contributed by atoms with E-state index < -0.39 is 5.54 Å². The molecule has 0 spiro atoms. The van der Waals surface area contributed by atoms with E-state index in [4.69, 9.17) is 4.74 Å². The maximum Gasteiger partial charge on any atom is 0.127 e. The lowest BCUT2D eigenvalue weighted by Gasteiger charge is -2.31. The number of nitrogens with one attached hydrogen (secondary N) is 1. The van der Waals surface area contributed by atoms with Crippen molar-refractivity contribution < 1.29 is 9.84 Å². The summed E-state index contributed by atoms with van der Waals surface area (Å²) in [6.45, 7) is 6.56. The van der Waals surface area contributed by atoms with Gasteiger partial charge in [-0.3, -0.25) is 0 Å². The summed E-state index contributed by atoms with van der Waals surface area (Å²) in [4.78, 5) is 0. The van der Waals surface area contributed by atoms with Crippen molar-refractivity contribution in [3.05, 3.63) is 42.5 Å². The normalized spacial score (nSPS) is 14.4. The van der Waals surface area contributed by atoms with Crippen LogP contribution in [-0.2, 0) is 0 Å². The van der Waals surface area contributed by atoms with Gasteiger partial charge in [-0.1, -0.05) is 50.2 Å². The molecule has 0 fully saturated rings. The van der Waals surface area contributed by atoms with Gasteiger partial charge in [-0.15, -0.1) is 0 Å². The molecule has 0 bridgehead atoms. The van der Waals surface area contributed by atoms with Crippen molar-refractivity contribution in [1.82, 2.24) is 5.32 Å². The molecule has 0 aliphatic carbocycles. The zero-order valence-corrected chi connectivity index (χ0v) is 12.4. The molecular formula is C17H23NO2. The Morgan fingerprint density at radius 3 is 2.55 bits per heavy atom. The minimum atomic E-state index is -0.439. The Balaban J connectivity index is 2.16. The first kappa shape index (κ1) is 14.8. The summed E-state index contributed by atoms with van der Waals surface area (Å²) < 4.78 is 5.95. The van der Waals surface area contributed by atoms with E-state index in [1.54, 1.807) is 0 Å². The van der Waals surface area contributed by atoms with E-state index in [2.05, 4.69) is 37.4 Å². The third kappa shape index (κ3) is 3.50. The zero-order valence-electron chi connectivity index (χ0n) is 12.4. The van der Waals surface area contributed by atoms with Crippen LogP contribution in [0.4, 0.5) is 0 Å². The van der Waals surface area contributed by atoms with E-state index in [0.29, 0.717) is 12.6 Å². The lowest BCUT2D eigenvalue weighted by atomic mass is 10.0. The highest BCUT2D eigenvalue weighted by Crippen LogP contribution is 2.25. The molecule has 2 aromatic carbocycles. The number of hydrogen-bond donors (Lipinski definition) is 2. The van der Waals surface area contributed by atoms with Gasteiger partial charge in [-0.2, -0.15) is 0 Å². The summed E-state index contributed by atoms with van der Waals surface area (Å²) in [5.41, 5.74) is -0.439.